The Hall–Kier alpha value is -3.00. The number of methoxy groups -OCH3 is 2. The summed E-state index contributed by atoms with van der Waals surface area (Å²) in [5.41, 5.74) is 0.446. The summed E-state index contributed by atoms with van der Waals surface area (Å²) in [6.45, 7) is 0.731. The van der Waals surface area contributed by atoms with E-state index in [0.29, 0.717) is 30.4 Å². The highest BCUT2D eigenvalue weighted by molar-refractivity contribution is 6.03. The topological polar surface area (TPSA) is 107 Å². The molecule has 0 aliphatic rings. The van der Waals surface area contributed by atoms with Gasteiger partial charge in [0.25, 0.3) is 5.91 Å². The Morgan fingerprint density at radius 1 is 1.08 bits per heavy atom. The lowest BCUT2D eigenvalue weighted by molar-refractivity contribution is 0.0660. The van der Waals surface area contributed by atoms with Gasteiger partial charge < -0.3 is 29.1 Å². The normalized spacial score (nSPS) is 10.2. The molecule has 0 aliphatic carbocycles. The van der Waals surface area contributed by atoms with Gasteiger partial charge >= 0.3 is 5.97 Å². The van der Waals surface area contributed by atoms with E-state index in [2.05, 4.69) is 5.32 Å². The van der Waals surface area contributed by atoms with Crippen LogP contribution in [-0.4, -0.2) is 44.4 Å². The number of carboxylic acid groups (broad SMARTS) is 1. The maximum Gasteiger partial charge on any atom is 0.371 e. The Morgan fingerprint density at radius 3 is 2.46 bits per heavy atom. The van der Waals surface area contributed by atoms with Gasteiger partial charge in [-0.3, -0.25) is 4.79 Å². The molecule has 0 fully saturated rings. The van der Waals surface area contributed by atoms with E-state index in [1.54, 1.807) is 25.3 Å². The van der Waals surface area contributed by atoms with Crippen molar-refractivity contribution in [2.45, 2.75) is 0 Å². The number of ether oxygens (including phenoxy) is 3. The van der Waals surface area contributed by atoms with E-state index in [9.17, 15) is 9.59 Å². The van der Waals surface area contributed by atoms with E-state index in [0.717, 1.165) is 0 Å². The predicted molar refractivity (Wildman–Crippen MR) is 84.0 cm³/mol. The lowest BCUT2D eigenvalue weighted by Gasteiger charge is -2.12. The third-order valence-corrected chi connectivity index (χ3v) is 3.01. The summed E-state index contributed by atoms with van der Waals surface area (Å²) >= 11 is 0. The van der Waals surface area contributed by atoms with Crippen LogP contribution in [0, 0.1) is 0 Å². The fourth-order valence-corrected chi connectivity index (χ4v) is 1.87. The van der Waals surface area contributed by atoms with Crippen LogP contribution in [-0.2, 0) is 4.74 Å². The molecule has 0 spiro atoms. The van der Waals surface area contributed by atoms with Gasteiger partial charge in [-0.2, -0.15) is 0 Å². The van der Waals surface area contributed by atoms with Gasteiger partial charge in [-0.05, 0) is 24.3 Å². The van der Waals surface area contributed by atoms with Crippen molar-refractivity contribution in [3.8, 4) is 11.5 Å². The van der Waals surface area contributed by atoms with Crippen LogP contribution in [0.2, 0.25) is 0 Å². The molecule has 2 rings (SSSR count). The van der Waals surface area contributed by atoms with Gasteiger partial charge in [0.1, 0.15) is 6.61 Å². The third kappa shape index (κ3) is 4.26. The molecule has 0 bridgehead atoms. The van der Waals surface area contributed by atoms with Crippen molar-refractivity contribution in [3.63, 3.8) is 0 Å². The number of benzene rings is 1. The summed E-state index contributed by atoms with van der Waals surface area (Å²) in [7, 11) is 3.07. The number of hydrogen-bond acceptors (Lipinski definition) is 6. The molecule has 0 saturated heterocycles. The molecular weight excluding hydrogens is 318 g/mol. The molecule has 0 saturated carbocycles. The number of anilines is 1. The van der Waals surface area contributed by atoms with Gasteiger partial charge in [0.2, 0.25) is 5.76 Å². The highest BCUT2D eigenvalue weighted by atomic mass is 16.5. The van der Waals surface area contributed by atoms with Gasteiger partial charge in [-0.25, -0.2) is 4.79 Å². The summed E-state index contributed by atoms with van der Waals surface area (Å²) in [5, 5.41) is 11.4. The number of carbonyl (C=O) groups is 2. The fraction of sp³-hybridized carbons (Fsp3) is 0.250. The first-order valence-corrected chi connectivity index (χ1v) is 6.99. The molecule has 128 valence electrons. The fourth-order valence-electron chi connectivity index (χ4n) is 1.87. The van der Waals surface area contributed by atoms with Crippen LogP contribution < -0.4 is 14.8 Å². The first-order chi connectivity index (χ1) is 11.5. The Labute approximate surface area is 137 Å². The molecule has 8 nitrogen and oxygen atoms in total. The average Bonchev–Trinajstić information content (AvgIpc) is 3.06. The zero-order valence-corrected chi connectivity index (χ0v) is 13.2. The lowest BCUT2D eigenvalue weighted by atomic mass is 10.2. The number of nitrogens with one attached hydrogen (secondary N) is 1. The van der Waals surface area contributed by atoms with E-state index in [1.165, 1.54) is 19.2 Å². The third-order valence-electron chi connectivity index (χ3n) is 3.01. The molecule has 1 heterocycles. The van der Waals surface area contributed by atoms with E-state index < -0.39 is 11.9 Å². The Bertz CT molecular complexity index is 723. The smallest absolute Gasteiger partial charge is 0.371 e. The Balaban J connectivity index is 2.11. The van der Waals surface area contributed by atoms with Crippen LogP contribution >= 0.6 is 0 Å². The molecule has 2 N–H and O–H groups in total. The summed E-state index contributed by atoms with van der Waals surface area (Å²) in [6.07, 6.45) is 0. The SMILES string of the molecule is COCCOc1cc(NC(=O)c2ccc(C(=O)O)o2)ccc1OC. The molecular formula is C16H17NO7. The second-order valence-corrected chi connectivity index (χ2v) is 4.63. The Morgan fingerprint density at radius 2 is 1.83 bits per heavy atom. The van der Waals surface area contributed by atoms with E-state index in [1.807, 2.05) is 0 Å². The number of amides is 1. The van der Waals surface area contributed by atoms with Crippen molar-refractivity contribution in [2.75, 3.05) is 32.8 Å². The second-order valence-electron chi connectivity index (χ2n) is 4.63. The summed E-state index contributed by atoms with van der Waals surface area (Å²) < 4.78 is 20.6. The Kier molecular flexibility index (Phi) is 5.80. The number of carbonyl (C=O) groups excluding carboxylic acids is 1. The minimum absolute atomic E-state index is 0.106. The van der Waals surface area contributed by atoms with E-state index >= 15 is 0 Å². The molecule has 24 heavy (non-hydrogen) atoms. The number of furan rings is 1. The van der Waals surface area contributed by atoms with Gasteiger partial charge in [0.05, 0.1) is 13.7 Å². The van der Waals surface area contributed by atoms with Gasteiger partial charge in [-0.15, -0.1) is 0 Å². The predicted octanol–water partition coefficient (Wildman–Crippen LogP) is 2.26. The first-order valence-electron chi connectivity index (χ1n) is 6.99. The number of hydrogen-bond donors (Lipinski definition) is 2. The maximum absolute atomic E-state index is 12.1. The monoisotopic (exact) mass is 335 g/mol. The van der Waals surface area contributed by atoms with Crippen LogP contribution in [0.15, 0.2) is 34.7 Å². The van der Waals surface area contributed by atoms with Crippen molar-refractivity contribution in [1.82, 2.24) is 0 Å². The molecule has 1 aromatic carbocycles. The summed E-state index contributed by atoms with van der Waals surface area (Å²) in [6, 6.07) is 7.36. The van der Waals surface area contributed by atoms with Crippen LogP contribution in [0.3, 0.4) is 0 Å². The van der Waals surface area contributed by atoms with Crippen molar-refractivity contribution in [3.05, 3.63) is 41.9 Å². The van der Waals surface area contributed by atoms with E-state index in [4.69, 9.17) is 23.7 Å². The molecule has 0 unspecified atom stereocenters. The standard InChI is InChI=1S/C16H17NO7/c1-21-7-8-23-14-9-10(3-4-11(14)22-2)17-15(18)12-5-6-13(24-12)16(19)20/h3-6,9H,7-8H2,1-2H3,(H,17,18)(H,19,20). The van der Waals surface area contributed by atoms with Gasteiger partial charge in [0.15, 0.2) is 17.3 Å². The van der Waals surface area contributed by atoms with Crippen LogP contribution in [0.5, 0.6) is 11.5 Å². The summed E-state index contributed by atoms with van der Waals surface area (Å²) in [5.74, 6) is -1.28. The molecule has 0 radical (unpaired) electrons. The number of aromatic carboxylic acids is 1. The van der Waals surface area contributed by atoms with Crippen molar-refractivity contribution < 1.29 is 33.3 Å². The average molecular weight is 335 g/mol. The van der Waals surface area contributed by atoms with Crippen LogP contribution in [0.25, 0.3) is 0 Å². The largest absolute Gasteiger partial charge is 0.493 e. The van der Waals surface area contributed by atoms with Crippen LogP contribution in [0.4, 0.5) is 5.69 Å². The zero-order chi connectivity index (χ0) is 17.5. The number of carboxylic acids is 1. The number of rotatable bonds is 8. The highest BCUT2D eigenvalue weighted by Crippen LogP contribution is 2.30. The molecule has 2 aromatic rings. The van der Waals surface area contributed by atoms with Crippen molar-refractivity contribution in [1.29, 1.82) is 0 Å². The van der Waals surface area contributed by atoms with Gasteiger partial charge in [-0.1, -0.05) is 0 Å². The summed E-state index contributed by atoms with van der Waals surface area (Å²) in [4.78, 5) is 22.9. The minimum Gasteiger partial charge on any atom is -0.493 e. The van der Waals surface area contributed by atoms with Crippen molar-refractivity contribution >= 4 is 17.6 Å². The molecule has 0 atom stereocenters. The van der Waals surface area contributed by atoms with E-state index in [-0.39, 0.29) is 11.5 Å². The zero-order valence-electron chi connectivity index (χ0n) is 13.2. The molecule has 1 aromatic heterocycles. The van der Waals surface area contributed by atoms with Crippen molar-refractivity contribution in [2.24, 2.45) is 0 Å². The van der Waals surface area contributed by atoms with Gasteiger partial charge in [0, 0.05) is 18.9 Å². The molecule has 8 heteroatoms. The quantitative estimate of drug-likeness (QED) is 0.712. The van der Waals surface area contributed by atoms with Crippen LogP contribution in [0.1, 0.15) is 21.1 Å². The maximum atomic E-state index is 12.1. The molecule has 0 aliphatic heterocycles. The second kappa shape index (κ2) is 8.02. The highest BCUT2D eigenvalue weighted by Gasteiger charge is 2.16. The molecule has 1 amide bonds. The lowest BCUT2D eigenvalue weighted by Crippen LogP contribution is -2.11. The first kappa shape index (κ1) is 17.4. The minimum atomic E-state index is -1.24.